The zero-order chi connectivity index (χ0) is 21.6. The summed E-state index contributed by atoms with van der Waals surface area (Å²) in [5.74, 6) is -0.766. The number of halogens is 3. The van der Waals surface area contributed by atoms with Crippen LogP contribution in [0.1, 0.15) is 34.7 Å². The smallest absolute Gasteiger partial charge is 0.414 e. The van der Waals surface area contributed by atoms with Crippen LogP contribution < -0.4 is 10.6 Å². The van der Waals surface area contributed by atoms with Gasteiger partial charge in [0, 0.05) is 18.7 Å². The summed E-state index contributed by atoms with van der Waals surface area (Å²) < 4.78 is 49.0. The maximum Gasteiger partial charge on any atom is 0.416 e. The molecule has 0 aliphatic carbocycles. The molecule has 2 amide bonds. The molecular weight excluding hydrogens is 425 g/mol. The van der Waals surface area contributed by atoms with Crippen molar-refractivity contribution in [3.63, 3.8) is 0 Å². The van der Waals surface area contributed by atoms with Gasteiger partial charge >= 0.3 is 6.18 Å². The van der Waals surface area contributed by atoms with Crippen molar-refractivity contribution in [1.29, 1.82) is 0 Å². The third-order valence-corrected chi connectivity index (χ3v) is 5.00. The van der Waals surface area contributed by atoms with E-state index in [1.54, 1.807) is 0 Å². The minimum atomic E-state index is -4.54. The lowest BCUT2D eigenvalue weighted by atomic mass is 10.1. The Hall–Kier alpha value is -2.60. The lowest BCUT2D eigenvalue weighted by molar-refractivity contribution is -0.137. The van der Waals surface area contributed by atoms with E-state index in [1.807, 2.05) is 0 Å². The molecule has 12 heteroatoms. The minimum Gasteiger partial charge on any atom is -0.414 e. The van der Waals surface area contributed by atoms with E-state index in [0.717, 1.165) is 42.8 Å². The van der Waals surface area contributed by atoms with Crippen LogP contribution in [0, 0.1) is 0 Å². The molecule has 0 spiro atoms. The van der Waals surface area contributed by atoms with Crippen molar-refractivity contribution in [2.75, 3.05) is 18.9 Å². The van der Waals surface area contributed by atoms with E-state index in [0.29, 0.717) is 13.2 Å². The molecule has 2 N–H and O–H groups in total. The Morgan fingerprint density at radius 3 is 2.80 bits per heavy atom. The van der Waals surface area contributed by atoms with E-state index in [-0.39, 0.29) is 41.0 Å². The fourth-order valence-electron chi connectivity index (χ4n) is 2.67. The number of alkyl halides is 3. The number of benzene rings is 1. The number of thioether (sulfide) groups is 1. The predicted octanol–water partition coefficient (Wildman–Crippen LogP) is 2.41. The molecule has 0 unspecified atom stereocenters. The topological polar surface area (TPSA) is 106 Å². The summed E-state index contributed by atoms with van der Waals surface area (Å²) in [5.41, 5.74) is -1.05. The van der Waals surface area contributed by atoms with Crippen LogP contribution in [0.25, 0.3) is 0 Å². The normalized spacial score (nSPS) is 16.4. The van der Waals surface area contributed by atoms with Gasteiger partial charge in [-0.1, -0.05) is 17.8 Å². The highest BCUT2D eigenvalue weighted by molar-refractivity contribution is 7.99. The molecule has 1 aliphatic heterocycles. The summed E-state index contributed by atoms with van der Waals surface area (Å²) in [7, 11) is 0. The van der Waals surface area contributed by atoms with Crippen molar-refractivity contribution < 1.29 is 31.9 Å². The monoisotopic (exact) mass is 444 g/mol. The Morgan fingerprint density at radius 2 is 2.07 bits per heavy atom. The first-order chi connectivity index (χ1) is 14.3. The zero-order valence-electron chi connectivity index (χ0n) is 15.7. The largest absolute Gasteiger partial charge is 0.416 e. The van der Waals surface area contributed by atoms with Gasteiger partial charge in [-0.25, -0.2) is 0 Å². The minimum absolute atomic E-state index is 0.0504. The van der Waals surface area contributed by atoms with Crippen LogP contribution in [0.15, 0.2) is 33.9 Å². The van der Waals surface area contributed by atoms with Crippen molar-refractivity contribution in [3.8, 4) is 0 Å². The van der Waals surface area contributed by atoms with Gasteiger partial charge in [-0.15, -0.1) is 10.2 Å². The molecule has 1 saturated heterocycles. The molecule has 8 nitrogen and oxygen atoms in total. The fraction of sp³-hybridized carbons (Fsp3) is 0.444. The molecule has 2 heterocycles. The molecule has 0 saturated carbocycles. The number of nitrogens with zero attached hydrogens (tertiary/aromatic N) is 2. The predicted molar refractivity (Wildman–Crippen MR) is 99.6 cm³/mol. The molecule has 1 atom stereocenters. The highest BCUT2D eigenvalue weighted by atomic mass is 32.2. The molecule has 162 valence electrons. The maximum atomic E-state index is 12.7. The SMILES string of the molecule is O=C(CSc1nnc(CNC(=O)c2cccc(C(F)(F)F)c2)o1)NC[C@H]1CCCO1. The molecule has 3 rings (SSSR count). The molecular formula is C18H19F3N4O4S. The standard InChI is InChI=1S/C18H19F3N4O4S/c19-18(20,21)12-4-1-3-11(7-12)16(27)23-9-15-24-25-17(29-15)30-10-14(26)22-8-13-5-2-6-28-13/h1,3-4,7,13H,2,5-6,8-10H2,(H,22,26)(H,23,27)/t13-/m1/s1. The number of carbonyl (C=O) groups excluding carboxylic acids is 2. The number of aromatic nitrogens is 2. The first kappa shape index (κ1) is 22.1. The van der Waals surface area contributed by atoms with Crippen molar-refractivity contribution in [2.45, 2.75) is 36.9 Å². The molecule has 1 aromatic heterocycles. The van der Waals surface area contributed by atoms with Crippen molar-refractivity contribution in [3.05, 3.63) is 41.3 Å². The Labute approximate surface area is 173 Å². The van der Waals surface area contributed by atoms with E-state index in [4.69, 9.17) is 9.15 Å². The molecule has 1 fully saturated rings. The second-order valence-corrected chi connectivity index (χ2v) is 7.38. The molecule has 1 aliphatic rings. The maximum absolute atomic E-state index is 12.7. The van der Waals surface area contributed by atoms with Gasteiger partial charge in [-0.05, 0) is 31.0 Å². The van der Waals surface area contributed by atoms with Crippen molar-refractivity contribution in [2.24, 2.45) is 0 Å². The van der Waals surface area contributed by atoms with Crippen LogP contribution >= 0.6 is 11.8 Å². The van der Waals surface area contributed by atoms with Gasteiger partial charge in [-0.3, -0.25) is 9.59 Å². The number of carbonyl (C=O) groups is 2. The molecule has 30 heavy (non-hydrogen) atoms. The number of hydrogen-bond acceptors (Lipinski definition) is 7. The van der Waals surface area contributed by atoms with Crippen LogP contribution in [-0.2, 0) is 22.3 Å². The number of amides is 2. The van der Waals surface area contributed by atoms with Gasteiger partial charge in [0.05, 0.1) is 24.0 Å². The van der Waals surface area contributed by atoms with Gasteiger partial charge in [0.2, 0.25) is 11.8 Å². The Morgan fingerprint density at radius 1 is 1.23 bits per heavy atom. The first-order valence-corrected chi connectivity index (χ1v) is 10.1. The zero-order valence-corrected chi connectivity index (χ0v) is 16.5. The van der Waals surface area contributed by atoms with Gasteiger partial charge < -0.3 is 19.8 Å². The first-order valence-electron chi connectivity index (χ1n) is 9.10. The van der Waals surface area contributed by atoms with E-state index < -0.39 is 17.6 Å². The van der Waals surface area contributed by atoms with Crippen LogP contribution in [0.5, 0.6) is 0 Å². The third-order valence-electron chi connectivity index (χ3n) is 4.18. The summed E-state index contributed by atoms with van der Waals surface area (Å²) in [5, 5.41) is 12.8. The number of nitrogens with one attached hydrogen (secondary N) is 2. The molecule has 1 aromatic carbocycles. The summed E-state index contributed by atoms with van der Waals surface area (Å²) in [6.45, 7) is 1.01. The third kappa shape index (κ3) is 6.46. The van der Waals surface area contributed by atoms with Gasteiger partial charge in [0.25, 0.3) is 11.1 Å². The Balaban J connectivity index is 1.43. The van der Waals surface area contributed by atoms with Crippen LogP contribution in [0.4, 0.5) is 13.2 Å². The second-order valence-electron chi connectivity index (χ2n) is 6.45. The van der Waals surface area contributed by atoms with Crippen molar-refractivity contribution >= 4 is 23.6 Å². The number of hydrogen-bond donors (Lipinski definition) is 2. The number of ether oxygens (including phenoxy) is 1. The van der Waals surface area contributed by atoms with Gasteiger partial charge in [-0.2, -0.15) is 13.2 Å². The van der Waals surface area contributed by atoms with Gasteiger partial charge in [0.15, 0.2) is 0 Å². The highest BCUT2D eigenvalue weighted by Gasteiger charge is 2.30. The summed E-state index contributed by atoms with van der Waals surface area (Å²) in [6, 6.07) is 4.08. The van der Waals surface area contributed by atoms with E-state index in [9.17, 15) is 22.8 Å². The quantitative estimate of drug-likeness (QED) is 0.602. The van der Waals surface area contributed by atoms with E-state index in [1.165, 1.54) is 6.07 Å². The Kier molecular flexibility index (Phi) is 7.32. The van der Waals surface area contributed by atoms with Gasteiger partial charge in [0.1, 0.15) is 0 Å². The highest BCUT2D eigenvalue weighted by Crippen LogP contribution is 2.29. The average molecular weight is 444 g/mol. The van der Waals surface area contributed by atoms with E-state index in [2.05, 4.69) is 20.8 Å². The molecule has 2 aromatic rings. The molecule has 0 bridgehead atoms. The number of rotatable bonds is 8. The lowest BCUT2D eigenvalue weighted by Crippen LogP contribution is -2.32. The summed E-state index contributed by atoms with van der Waals surface area (Å²) in [4.78, 5) is 23.9. The van der Waals surface area contributed by atoms with Crippen LogP contribution in [0.2, 0.25) is 0 Å². The second kappa shape index (κ2) is 9.94. The average Bonchev–Trinajstić information content (AvgIpc) is 3.40. The fourth-order valence-corrected chi connectivity index (χ4v) is 3.28. The Bertz CT molecular complexity index is 884. The summed E-state index contributed by atoms with van der Waals surface area (Å²) >= 11 is 1.04. The summed E-state index contributed by atoms with van der Waals surface area (Å²) in [6.07, 6.45) is -2.57. The van der Waals surface area contributed by atoms with Crippen LogP contribution in [0.3, 0.4) is 0 Å². The van der Waals surface area contributed by atoms with Crippen LogP contribution in [-0.4, -0.2) is 47.0 Å². The lowest BCUT2D eigenvalue weighted by Gasteiger charge is -2.09. The van der Waals surface area contributed by atoms with Crippen molar-refractivity contribution in [1.82, 2.24) is 20.8 Å². The van der Waals surface area contributed by atoms with E-state index >= 15 is 0 Å². The molecule has 0 radical (unpaired) electrons.